The van der Waals surface area contributed by atoms with Crippen LogP contribution in [0.3, 0.4) is 0 Å². The number of alkyl halides is 6. The maximum absolute atomic E-state index is 11.6. The molecule has 2 unspecified atom stereocenters. The predicted octanol–water partition coefficient (Wildman–Crippen LogP) is 1.54. The van der Waals surface area contributed by atoms with Crippen molar-refractivity contribution in [2.45, 2.75) is 78.9 Å². The third-order valence-electron chi connectivity index (χ3n) is 3.14. The number of carbonyl (C=O) groups excluding carboxylic acids is 4. The van der Waals surface area contributed by atoms with Gasteiger partial charge in [0.15, 0.2) is 0 Å². The minimum atomic E-state index is -5.10. The number of aliphatic carboxylic acids is 2. The van der Waals surface area contributed by atoms with E-state index in [1.807, 2.05) is 27.7 Å². The first-order valence-electron chi connectivity index (χ1n) is 9.43. The Morgan fingerprint density at radius 2 is 0.939 bits per heavy atom. The summed E-state index contributed by atoms with van der Waals surface area (Å²) >= 11 is -0.929. The van der Waals surface area contributed by atoms with Crippen molar-refractivity contribution in [1.29, 1.82) is 0 Å². The number of ketones is 2. The van der Waals surface area contributed by atoms with Gasteiger partial charge in [0.1, 0.15) is 0 Å². The van der Waals surface area contributed by atoms with Gasteiger partial charge in [-0.15, -0.1) is 0 Å². The summed E-state index contributed by atoms with van der Waals surface area (Å²) in [5, 5.41) is 20.0. The Bertz CT molecular complexity index is 568. The Balaban J connectivity index is -0.000000414. The number of hydrogen-bond acceptors (Lipinski definition) is 8. The van der Waals surface area contributed by atoms with Crippen molar-refractivity contribution in [3.63, 3.8) is 0 Å². The van der Waals surface area contributed by atoms with Gasteiger partial charge >= 0.3 is 82.0 Å². The molecular formula is C18H26F6O8Zr. The second-order valence-corrected chi connectivity index (χ2v) is 8.27. The molecule has 192 valence electrons. The molecule has 0 aromatic rings. The van der Waals surface area contributed by atoms with Crippen LogP contribution in [0.4, 0.5) is 26.3 Å². The van der Waals surface area contributed by atoms with Crippen LogP contribution in [0.25, 0.3) is 0 Å². The molecule has 15 heteroatoms. The average Bonchev–Trinajstić information content (AvgIpc) is 2.61. The van der Waals surface area contributed by atoms with Gasteiger partial charge in [0.2, 0.25) is 11.6 Å². The Morgan fingerprint density at radius 1 is 0.697 bits per heavy atom. The van der Waals surface area contributed by atoms with E-state index in [0.717, 1.165) is 0 Å². The van der Waals surface area contributed by atoms with E-state index in [2.05, 4.69) is 0 Å². The molecule has 0 aromatic heterocycles. The van der Waals surface area contributed by atoms with Gasteiger partial charge in [0.25, 0.3) is 0 Å². The molecule has 0 amide bonds. The van der Waals surface area contributed by atoms with E-state index in [4.69, 9.17) is 5.63 Å². The van der Waals surface area contributed by atoms with Crippen LogP contribution in [0.15, 0.2) is 0 Å². The Hall–Kier alpha value is -1.34. The number of Topliss-reactive ketones (excluding diaryl/α,β-unsaturated/α-hetero) is 2. The zero-order valence-corrected chi connectivity index (χ0v) is 21.2. The Morgan fingerprint density at radius 3 is 1.03 bits per heavy atom. The summed E-state index contributed by atoms with van der Waals surface area (Å²) in [6, 6.07) is 0. The van der Waals surface area contributed by atoms with Crippen LogP contribution in [0.2, 0.25) is 0 Å². The zero-order valence-electron chi connectivity index (χ0n) is 18.8. The molecule has 0 saturated carbocycles. The molecule has 0 bridgehead atoms. The molecule has 0 spiro atoms. The molecule has 0 N–H and O–H groups in total. The van der Waals surface area contributed by atoms with Crippen molar-refractivity contribution in [1.82, 2.24) is 0 Å². The summed E-state index contributed by atoms with van der Waals surface area (Å²) in [7, 11) is 0. The number of hydrogen-bond donors (Lipinski definition) is 0. The van der Waals surface area contributed by atoms with Crippen molar-refractivity contribution in [3.8, 4) is 0 Å². The number of carboxylic acid groups (broad SMARTS) is 2. The second-order valence-electron chi connectivity index (χ2n) is 6.70. The van der Waals surface area contributed by atoms with Gasteiger partial charge in [-0.05, 0) is 12.8 Å². The Labute approximate surface area is 199 Å². The van der Waals surface area contributed by atoms with E-state index in [-0.39, 0.29) is 0 Å². The fourth-order valence-electron chi connectivity index (χ4n) is 1.53. The van der Waals surface area contributed by atoms with Gasteiger partial charge < -0.3 is 19.8 Å². The second kappa shape index (κ2) is 17.2. The van der Waals surface area contributed by atoms with Gasteiger partial charge in [0.05, 0.1) is 23.8 Å². The molecule has 0 rings (SSSR count). The van der Waals surface area contributed by atoms with Crippen molar-refractivity contribution in [2.75, 3.05) is 0 Å². The maximum Gasteiger partial charge on any atom is 0.450 e. The molecule has 0 saturated heterocycles. The van der Waals surface area contributed by atoms with E-state index in [0.29, 0.717) is 12.2 Å². The summed E-state index contributed by atoms with van der Waals surface area (Å²) in [6.45, 7) is 10.5. The third kappa shape index (κ3) is 18.7. The first kappa shape index (κ1) is 36.2. The summed E-state index contributed by atoms with van der Waals surface area (Å²) < 4.78 is 80.2. The first-order valence-corrected chi connectivity index (χ1v) is 11.4. The summed E-state index contributed by atoms with van der Waals surface area (Å²) in [6.07, 6.45) is -10.3. The fraction of sp³-hybridized carbons (Fsp3) is 0.778. The Kier molecular flexibility index (Phi) is 18.8. The van der Waals surface area contributed by atoms with Crippen LogP contribution in [0, 0.1) is 11.8 Å². The van der Waals surface area contributed by atoms with Crippen LogP contribution in [0.5, 0.6) is 0 Å². The molecule has 0 aliphatic rings. The SMILES string of the molecule is CC(C)[O][Zr+2][O]C(C)C.CCC(C(=O)[O-])C(=O)C(F)(F)F.CCC(C(=O)[O-])C(=O)C(F)(F)F. The molecule has 0 aliphatic carbocycles. The topological polar surface area (TPSA) is 133 Å². The minimum Gasteiger partial charge on any atom is -0.549 e. The van der Waals surface area contributed by atoms with Crippen LogP contribution in [-0.4, -0.2) is 48.1 Å². The van der Waals surface area contributed by atoms with Crippen molar-refractivity contribution in [2.24, 2.45) is 11.8 Å². The molecular weight excluding hydrogens is 549 g/mol. The number of carboxylic acids is 2. The van der Waals surface area contributed by atoms with E-state index in [1.165, 1.54) is 13.8 Å². The normalized spacial score (nSPS) is 13.0. The molecule has 33 heavy (non-hydrogen) atoms. The zero-order chi connectivity index (χ0) is 27.2. The molecule has 0 aromatic carbocycles. The van der Waals surface area contributed by atoms with Crippen LogP contribution >= 0.6 is 0 Å². The van der Waals surface area contributed by atoms with Crippen LogP contribution in [-0.2, 0) is 48.9 Å². The molecule has 0 radical (unpaired) electrons. The van der Waals surface area contributed by atoms with Crippen molar-refractivity contribution < 1.29 is 85.5 Å². The van der Waals surface area contributed by atoms with Gasteiger partial charge in [-0.1, -0.05) is 13.8 Å². The molecule has 0 fully saturated rings. The molecule has 8 nitrogen and oxygen atoms in total. The monoisotopic (exact) mass is 574 g/mol. The predicted molar refractivity (Wildman–Crippen MR) is 92.1 cm³/mol. The van der Waals surface area contributed by atoms with Gasteiger partial charge in [0, 0.05) is 0 Å². The van der Waals surface area contributed by atoms with E-state index in [9.17, 15) is 55.7 Å². The smallest absolute Gasteiger partial charge is 0.450 e. The average molecular weight is 576 g/mol. The van der Waals surface area contributed by atoms with Crippen molar-refractivity contribution >= 4 is 23.5 Å². The first-order chi connectivity index (χ1) is 14.7. The standard InChI is InChI=1S/2C6H7F3O3.2C3H7O.Zr/c2*1-2-3(5(11)12)4(10)6(7,8)9;2*1-3(2)4;/h2*3H,2H2,1H3,(H,11,12);2*3H,1-2H3;/q;;2*-1;+4/p-2. The summed E-state index contributed by atoms with van der Waals surface area (Å²) in [5.74, 6) is -12.6. The minimum absolute atomic E-state index is 0.343. The molecule has 0 aliphatic heterocycles. The molecule has 2 atom stereocenters. The number of carbonyl (C=O) groups is 4. The van der Waals surface area contributed by atoms with Crippen LogP contribution < -0.4 is 10.2 Å². The van der Waals surface area contributed by atoms with Gasteiger partial charge in [-0.3, -0.25) is 9.59 Å². The summed E-state index contributed by atoms with van der Waals surface area (Å²) in [4.78, 5) is 40.6. The molecule has 0 heterocycles. The van der Waals surface area contributed by atoms with Crippen LogP contribution in [0.1, 0.15) is 54.4 Å². The van der Waals surface area contributed by atoms with Crippen molar-refractivity contribution in [3.05, 3.63) is 0 Å². The quantitative estimate of drug-likeness (QED) is 0.283. The van der Waals surface area contributed by atoms with E-state index >= 15 is 0 Å². The largest absolute Gasteiger partial charge is 0.549 e. The van der Waals surface area contributed by atoms with E-state index < -0.39 is 84.7 Å². The third-order valence-corrected chi connectivity index (χ3v) is 5.94. The maximum atomic E-state index is 11.6. The van der Waals surface area contributed by atoms with Gasteiger partial charge in [-0.25, -0.2) is 0 Å². The number of halogens is 6. The number of rotatable bonds is 10. The van der Waals surface area contributed by atoms with E-state index in [1.54, 1.807) is 0 Å². The summed E-state index contributed by atoms with van der Waals surface area (Å²) in [5.41, 5.74) is 0. The van der Waals surface area contributed by atoms with Gasteiger partial charge in [-0.2, -0.15) is 26.3 Å². The fourth-order valence-corrected chi connectivity index (χ4v) is 2.62.